The quantitative estimate of drug-likeness (QED) is 0.892. The Bertz CT molecular complexity index is 665. The molecule has 2 aromatic rings. The van der Waals surface area contributed by atoms with E-state index in [1.54, 1.807) is 25.1 Å². The summed E-state index contributed by atoms with van der Waals surface area (Å²) in [5.74, 6) is 0.478. The van der Waals surface area contributed by atoms with Crippen molar-refractivity contribution in [3.63, 3.8) is 0 Å². The summed E-state index contributed by atoms with van der Waals surface area (Å²) in [4.78, 5) is 8.33. The lowest BCUT2D eigenvalue weighted by molar-refractivity contribution is 0.0927. The van der Waals surface area contributed by atoms with Crippen molar-refractivity contribution in [2.24, 2.45) is 0 Å². The van der Waals surface area contributed by atoms with E-state index in [0.717, 1.165) is 4.47 Å². The van der Waals surface area contributed by atoms with Gasteiger partial charge in [-0.25, -0.2) is 4.98 Å². The third kappa shape index (κ3) is 3.12. The minimum absolute atomic E-state index is 0.179. The first-order valence-corrected chi connectivity index (χ1v) is 7.20. The van der Waals surface area contributed by atoms with Crippen molar-refractivity contribution in [3.8, 4) is 11.8 Å². The summed E-state index contributed by atoms with van der Waals surface area (Å²) in [6.07, 6.45) is 1.42. The van der Waals surface area contributed by atoms with Crippen LogP contribution in [0.3, 0.4) is 0 Å². The molecule has 0 saturated carbocycles. The van der Waals surface area contributed by atoms with Gasteiger partial charge in [-0.3, -0.25) is 0 Å². The molecular formula is C14H14BrClN2O3. The van der Waals surface area contributed by atoms with Crippen molar-refractivity contribution >= 4 is 27.5 Å². The van der Waals surface area contributed by atoms with Crippen molar-refractivity contribution in [2.75, 3.05) is 14.2 Å². The summed E-state index contributed by atoms with van der Waals surface area (Å²) in [5, 5.41) is 11.3. The van der Waals surface area contributed by atoms with E-state index in [1.807, 2.05) is 0 Å². The highest BCUT2D eigenvalue weighted by atomic mass is 79.9. The molecule has 1 unspecified atom stereocenters. The molecular weight excluding hydrogens is 360 g/mol. The van der Waals surface area contributed by atoms with Gasteiger partial charge >= 0.3 is 0 Å². The van der Waals surface area contributed by atoms with Crippen LogP contribution in [0.25, 0.3) is 0 Å². The average molecular weight is 374 g/mol. The predicted molar refractivity (Wildman–Crippen MR) is 83.0 cm³/mol. The second kappa shape index (κ2) is 6.17. The molecule has 1 atom stereocenters. The third-order valence-electron chi connectivity index (χ3n) is 3.04. The molecule has 7 heteroatoms. The molecule has 1 aromatic carbocycles. The molecule has 0 bridgehead atoms. The maximum atomic E-state index is 10.9. The number of nitrogens with zero attached hydrogens (tertiary/aromatic N) is 2. The van der Waals surface area contributed by atoms with Crippen molar-refractivity contribution in [2.45, 2.75) is 12.5 Å². The predicted octanol–water partition coefficient (Wildman–Crippen LogP) is 3.17. The molecule has 5 nitrogen and oxygen atoms in total. The first-order valence-electron chi connectivity index (χ1n) is 6.03. The van der Waals surface area contributed by atoms with E-state index < -0.39 is 5.60 Å². The first kappa shape index (κ1) is 16.0. The number of benzene rings is 1. The number of rotatable bonds is 4. The lowest BCUT2D eigenvalue weighted by Crippen LogP contribution is -2.26. The topological polar surface area (TPSA) is 64.5 Å². The Morgan fingerprint density at radius 1 is 1.29 bits per heavy atom. The Balaban J connectivity index is 2.57. The standard InChI is InChI=1S/C14H14BrClN2O3/c1-14(19,9-5-4-8(15)6-10(9)16)12-13(21-3)18-11(20-2)7-17-12/h4-7,19H,1-3H3. The van der Waals surface area contributed by atoms with E-state index >= 15 is 0 Å². The van der Waals surface area contributed by atoms with Gasteiger partial charge in [0, 0.05) is 15.1 Å². The van der Waals surface area contributed by atoms with Crippen molar-refractivity contribution in [1.82, 2.24) is 9.97 Å². The summed E-state index contributed by atoms with van der Waals surface area (Å²) in [6.45, 7) is 1.58. The summed E-state index contributed by atoms with van der Waals surface area (Å²) in [5.41, 5.74) is -0.692. The number of hydrogen-bond acceptors (Lipinski definition) is 5. The summed E-state index contributed by atoms with van der Waals surface area (Å²) in [7, 11) is 2.93. The zero-order chi connectivity index (χ0) is 15.6. The highest BCUT2D eigenvalue weighted by molar-refractivity contribution is 9.10. The highest BCUT2D eigenvalue weighted by Crippen LogP contribution is 2.37. The monoisotopic (exact) mass is 372 g/mol. The fourth-order valence-electron chi connectivity index (χ4n) is 1.94. The minimum atomic E-state index is -1.46. The normalized spacial score (nSPS) is 13.6. The molecule has 2 rings (SSSR count). The lowest BCUT2D eigenvalue weighted by atomic mass is 9.92. The summed E-state index contributed by atoms with van der Waals surface area (Å²) < 4.78 is 11.0. The molecule has 0 aliphatic heterocycles. The van der Waals surface area contributed by atoms with E-state index in [1.165, 1.54) is 20.4 Å². The number of halogens is 2. The van der Waals surface area contributed by atoms with E-state index in [0.29, 0.717) is 16.5 Å². The number of ether oxygens (including phenoxy) is 2. The number of aliphatic hydroxyl groups is 1. The van der Waals surface area contributed by atoms with Gasteiger partial charge in [0.2, 0.25) is 11.8 Å². The second-order valence-corrected chi connectivity index (χ2v) is 5.79. The van der Waals surface area contributed by atoms with Crippen molar-refractivity contribution in [3.05, 3.63) is 45.1 Å². The molecule has 1 N–H and O–H groups in total. The van der Waals surface area contributed by atoms with Gasteiger partial charge in [0.05, 0.1) is 20.4 Å². The fraction of sp³-hybridized carbons (Fsp3) is 0.286. The van der Waals surface area contributed by atoms with E-state index in [9.17, 15) is 5.11 Å². The van der Waals surface area contributed by atoms with E-state index in [-0.39, 0.29) is 11.6 Å². The summed E-state index contributed by atoms with van der Waals surface area (Å²) in [6, 6.07) is 5.21. The van der Waals surface area contributed by atoms with Gasteiger partial charge < -0.3 is 14.6 Å². The average Bonchev–Trinajstić information content (AvgIpc) is 2.46. The van der Waals surface area contributed by atoms with Gasteiger partial charge in [-0.2, -0.15) is 4.98 Å². The van der Waals surface area contributed by atoms with Gasteiger partial charge in [0.25, 0.3) is 0 Å². The maximum absolute atomic E-state index is 10.9. The Labute approximate surface area is 136 Å². The van der Waals surface area contributed by atoms with Crippen LogP contribution in [-0.4, -0.2) is 29.3 Å². The highest BCUT2D eigenvalue weighted by Gasteiger charge is 2.34. The SMILES string of the molecule is COc1cnc(C(C)(O)c2ccc(Br)cc2Cl)c(OC)n1. The summed E-state index contributed by atoms with van der Waals surface area (Å²) >= 11 is 9.55. The molecule has 21 heavy (non-hydrogen) atoms. The third-order valence-corrected chi connectivity index (χ3v) is 3.84. The van der Waals surface area contributed by atoms with Crippen LogP contribution in [-0.2, 0) is 5.60 Å². The van der Waals surface area contributed by atoms with Crippen LogP contribution < -0.4 is 9.47 Å². The molecule has 0 aliphatic rings. The molecule has 0 fully saturated rings. The van der Waals surface area contributed by atoms with Crippen LogP contribution in [0.4, 0.5) is 0 Å². The number of methoxy groups -OCH3 is 2. The second-order valence-electron chi connectivity index (χ2n) is 4.47. The van der Waals surface area contributed by atoms with Crippen molar-refractivity contribution < 1.29 is 14.6 Å². The molecule has 0 radical (unpaired) electrons. The molecule has 112 valence electrons. The maximum Gasteiger partial charge on any atom is 0.242 e. The van der Waals surface area contributed by atoms with Gasteiger partial charge in [0.1, 0.15) is 11.3 Å². The Morgan fingerprint density at radius 3 is 2.57 bits per heavy atom. The zero-order valence-electron chi connectivity index (χ0n) is 11.7. The Hall–Kier alpha value is -1.37. The van der Waals surface area contributed by atoms with E-state index in [2.05, 4.69) is 25.9 Å². The molecule has 1 heterocycles. The largest absolute Gasteiger partial charge is 0.480 e. The smallest absolute Gasteiger partial charge is 0.242 e. The van der Waals surface area contributed by atoms with Gasteiger partial charge in [-0.05, 0) is 19.1 Å². The van der Waals surface area contributed by atoms with Crippen molar-refractivity contribution in [1.29, 1.82) is 0 Å². The first-order chi connectivity index (χ1) is 9.90. The Morgan fingerprint density at radius 2 is 2.00 bits per heavy atom. The van der Waals surface area contributed by atoms with Gasteiger partial charge in [-0.1, -0.05) is 33.6 Å². The van der Waals surface area contributed by atoms with E-state index in [4.69, 9.17) is 21.1 Å². The molecule has 0 spiro atoms. The van der Waals surface area contributed by atoms with Crippen LogP contribution in [0, 0.1) is 0 Å². The van der Waals surface area contributed by atoms with Crippen LogP contribution >= 0.6 is 27.5 Å². The number of hydrogen-bond donors (Lipinski definition) is 1. The van der Waals surface area contributed by atoms with Crippen LogP contribution in [0.2, 0.25) is 5.02 Å². The molecule has 0 aliphatic carbocycles. The molecule has 1 aromatic heterocycles. The molecule has 0 amide bonds. The molecule has 0 saturated heterocycles. The fourth-order valence-corrected chi connectivity index (χ4v) is 2.80. The lowest BCUT2D eigenvalue weighted by Gasteiger charge is -2.25. The van der Waals surface area contributed by atoms with Gasteiger partial charge in [-0.15, -0.1) is 0 Å². The zero-order valence-corrected chi connectivity index (χ0v) is 14.1. The van der Waals surface area contributed by atoms with Crippen LogP contribution in [0.15, 0.2) is 28.9 Å². The van der Waals surface area contributed by atoms with Crippen LogP contribution in [0.1, 0.15) is 18.2 Å². The van der Waals surface area contributed by atoms with Gasteiger partial charge in [0.15, 0.2) is 0 Å². The Kier molecular flexibility index (Phi) is 4.70. The minimum Gasteiger partial charge on any atom is -0.480 e. The number of aromatic nitrogens is 2. The van der Waals surface area contributed by atoms with Crippen LogP contribution in [0.5, 0.6) is 11.8 Å².